The predicted octanol–water partition coefficient (Wildman–Crippen LogP) is 1.38. The van der Waals surface area contributed by atoms with E-state index in [1.54, 1.807) is 0 Å². The summed E-state index contributed by atoms with van der Waals surface area (Å²) >= 11 is 0. The lowest BCUT2D eigenvalue weighted by molar-refractivity contribution is -0.00746. The van der Waals surface area contributed by atoms with Crippen molar-refractivity contribution >= 4 is 6.09 Å². The normalized spacial score (nSPS) is 15.9. The third-order valence-electron chi connectivity index (χ3n) is 2.68. The maximum atomic E-state index is 12.9. The Morgan fingerprint density at radius 2 is 2.06 bits per heavy atom. The van der Waals surface area contributed by atoms with Gasteiger partial charge in [0.15, 0.2) is 5.60 Å². The van der Waals surface area contributed by atoms with Crippen LogP contribution in [0.1, 0.15) is 12.5 Å². The third-order valence-corrected chi connectivity index (χ3v) is 2.68. The molecule has 94 valence electrons. The molecule has 2 atom stereocenters. The van der Waals surface area contributed by atoms with Crippen molar-refractivity contribution in [3.63, 3.8) is 0 Å². The van der Waals surface area contributed by atoms with Gasteiger partial charge in [0.1, 0.15) is 6.67 Å². The molecule has 1 aromatic carbocycles. The molecule has 0 aliphatic carbocycles. The zero-order chi connectivity index (χ0) is 12.9. The van der Waals surface area contributed by atoms with E-state index in [0.29, 0.717) is 6.42 Å². The Balaban J connectivity index is 2.73. The highest BCUT2D eigenvalue weighted by atomic mass is 19.1. The van der Waals surface area contributed by atoms with Crippen LogP contribution in [0.5, 0.6) is 0 Å². The highest BCUT2D eigenvalue weighted by Crippen LogP contribution is 2.18. The molecule has 0 aliphatic heterocycles. The van der Waals surface area contributed by atoms with E-state index >= 15 is 0 Å². The first-order valence-corrected chi connectivity index (χ1v) is 5.32. The van der Waals surface area contributed by atoms with Crippen LogP contribution in [-0.2, 0) is 11.2 Å². The van der Waals surface area contributed by atoms with Gasteiger partial charge in [-0.15, -0.1) is 0 Å². The topological polar surface area (TPSA) is 78.3 Å². The molecule has 2 unspecified atom stereocenters. The van der Waals surface area contributed by atoms with Gasteiger partial charge in [-0.25, -0.2) is 9.18 Å². The summed E-state index contributed by atoms with van der Waals surface area (Å²) in [7, 11) is 0. The van der Waals surface area contributed by atoms with Gasteiger partial charge in [0.25, 0.3) is 0 Å². The van der Waals surface area contributed by atoms with Crippen LogP contribution in [0.15, 0.2) is 30.3 Å². The van der Waals surface area contributed by atoms with Crippen molar-refractivity contribution in [2.24, 2.45) is 11.5 Å². The zero-order valence-electron chi connectivity index (χ0n) is 9.73. The summed E-state index contributed by atoms with van der Waals surface area (Å²) in [5.41, 5.74) is 10.3. The fourth-order valence-corrected chi connectivity index (χ4v) is 1.52. The summed E-state index contributed by atoms with van der Waals surface area (Å²) in [5.74, 6) is 0. The van der Waals surface area contributed by atoms with Crippen molar-refractivity contribution in [2.45, 2.75) is 25.0 Å². The molecule has 1 aromatic rings. The fourth-order valence-electron chi connectivity index (χ4n) is 1.52. The smallest absolute Gasteiger partial charge is 0.405 e. The van der Waals surface area contributed by atoms with Crippen LogP contribution in [0.25, 0.3) is 0 Å². The molecule has 0 bridgehead atoms. The van der Waals surface area contributed by atoms with E-state index in [0.717, 1.165) is 5.56 Å². The lowest BCUT2D eigenvalue weighted by Gasteiger charge is -2.31. The molecule has 5 heteroatoms. The number of carbonyl (C=O) groups excluding carboxylic acids is 1. The quantitative estimate of drug-likeness (QED) is 0.816. The molecule has 1 amide bonds. The zero-order valence-corrected chi connectivity index (χ0v) is 9.73. The molecule has 4 nitrogen and oxygen atoms in total. The Morgan fingerprint density at radius 1 is 1.47 bits per heavy atom. The van der Waals surface area contributed by atoms with Gasteiger partial charge in [0.05, 0.1) is 6.04 Å². The van der Waals surface area contributed by atoms with Crippen LogP contribution < -0.4 is 11.5 Å². The van der Waals surface area contributed by atoms with Crippen molar-refractivity contribution in [3.05, 3.63) is 35.9 Å². The minimum Gasteiger partial charge on any atom is -0.439 e. The van der Waals surface area contributed by atoms with Gasteiger partial charge >= 0.3 is 6.09 Å². The van der Waals surface area contributed by atoms with Gasteiger partial charge in [-0.3, -0.25) is 0 Å². The second-order valence-electron chi connectivity index (χ2n) is 4.16. The summed E-state index contributed by atoms with van der Waals surface area (Å²) in [6.45, 7) is 0.565. The van der Waals surface area contributed by atoms with Gasteiger partial charge < -0.3 is 16.2 Å². The Kier molecular flexibility index (Phi) is 4.45. The van der Waals surface area contributed by atoms with E-state index in [-0.39, 0.29) is 0 Å². The monoisotopic (exact) mass is 240 g/mol. The highest BCUT2D eigenvalue weighted by molar-refractivity contribution is 5.65. The molecule has 0 aliphatic rings. The van der Waals surface area contributed by atoms with E-state index in [4.69, 9.17) is 16.2 Å². The van der Waals surface area contributed by atoms with E-state index in [2.05, 4.69) is 0 Å². The number of carbonyl (C=O) groups is 1. The fraction of sp³-hybridized carbons (Fsp3) is 0.417. The number of alkyl halides is 1. The number of primary amides is 1. The standard InChI is InChI=1S/C12H17FN2O2/c1-12(8-13,17-11(15)16)10(14)7-9-5-3-2-4-6-9/h2-6,10H,7-8,14H2,1H3,(H2,15,16). The highest BCUT2D eigenvalue weighted by Gasteiger charge is 2.35. The van der Waals surface area contributed by atoms with E-state index in [1.807, 2.05) is 30.3 Å². The molecule has 0 heterocycles. The molecule has 1 rings (SSSR count). The number of benzene rings is 1. The summed E-state index contributed by atoms with van der Waals surface area (Å²) < 4.78 is 17.7. The lowest BCUT2D eigenvalue weighted by Crippen LogP contribution is -2.52. The molecule has 4 N–H and O–H groups in total. The number of nitrogens with two attached hydrogens (primary N) is 2. The average Bonchev–Trinajstić information content (AvgIpc) is 2.29. The van der Waals surface area contributed by atoms with Crippen molar-refractivity contribution in [1.29, 1.82) is 0 Å². The number of ether oxygens (including phenoxy) is 1. The molecule has 0 saturated heterocycles. The van der Waals surface area contributed by atoms with Crippen LogP contribution in [0.4, 0.5) is 9.18 Å². The van der Waals surface area contributed by atoms with Crippen molar-refractivity contribution in [3.8, 4) is 0 Å². The number of halogens is 1. The molecular formula is C12H17FN2O2. The Morgan fingerprint density at radius 3 is 2.53 bits per heavy atom. The van der Waals surface area contributed by atoms with Crippen LogP contribution in [0.2, 0.25) is 0 Å². The second-order valence-corrected chi connectivity index (χ2v) is 4.16. The number of hydrogen-bond donors (Lipinski definition) is 2. The van der Waals surface area contributed by atoms with Gasteiger partial charge in [0, 0.05) is 0 Å². The summed E-state index contributed by atoms with van der Waals surface area (Å²) in [5, 5.41) is 0. The lowest BCUT2D eigenvalue weighted by atomic mass is 9.92. The van der Waals surface area contributed by atoms with E-state index < -0.39 is 24.4 Å². The summed E-state index contributed by atoms with van der Waals surface area (Å²) in [6.07, 6.45) is -0.609. The molecule has 0 radical (unpaired) electrons. The number of rotatable bonds is 5. The average molecular weight is 240 g/mol. The maximum absolute atomic E-state index is 12.9. The Labute approximate surface area is 99.7 Å². The Bertz CT molecular complexity index is 372. The minimum atomic E-state index is -1.39. The van der Waals surface area contributed by atoms with Gasteiger partial charge in [-0.2, -0.15) is 0 Å². The molecule has 0 aromatic heterocycles. The molecule has 17 heavy (non-hydrogen) atoms. The van der Waals surface area contributed by atoms with Crippen molar-refractivity contribution in [2.75, 3.05) is 6.67 Å². The predicted molar refractivity (Wildman–Crippen MR) is 63.2 cm³/mol. The molecule has 0 saturated carbocycles. The van der Waals surface area contributed by atoms with Gasteiger partial charge in [-0.05, 0) is 18.9 Å². The number of amides is 1. The third kappa shape index (κ3) is 3.71. The van der Waals surface area contributed by atoms with Crippen LogP contribution in [0, 0.1) is 0 Å². The van der Waals surface area contributed by atoms with Crippen LogP contribution in [-0.4, -0.2) is 24.4 Å². The largest absolute Gasteiger partial charge is 0.439 e. The maximum Gasteiger partial charge on any atom is 0.405 e. The SMILES string of the molecule is CC(CF)(OC(N)=O)C(N)Cc1ccccc1. The molecular weight excluding hydrogens is 223 g/mol. The van der Waals surface area contributed by atoms with Crippen molar-refractivity contribution in [1.82, 2.24) is 0 Å². The number of hydrogen-bond acceptors (Lipinski definition) is 3. The minimum absolute atomic E-state index is 0.411. The van der Waals surface area contributed by atoms with Crippen molar-refractivity contribution < 1.29 is 13.9 Å². The van der Waals surface area contributed by atoms with E-state index in [1.165, 1.54) is 6.92 Å². The Hall–Kier alpha value is -1.62. The van der Waals surface area contributed by atoms with Gasteiger partial charge in [-0.1, -0.05) is 30.3 Å². The summed E-state index contributed by atoms with van der Waals surface area (Å²) in [6, 6.07) is 8.71. The first-order chi connectivity index (χ1) is 7.98. The first-order valence-electron chi connectivity index (χ1n) is 5.32. The first kappa shape index (κ1) is 13.4. The summed E-state index contributed by atoms with van der Waals surface area (Å²) in [4.78, 5) is 10.7. The van der Waals surface area contributed by atoms with Crippen LogP contribution >= 0.6 is 0 Å². The van der Waals surface area contributed by atoms with E-state index in [9.17, 15) is 9.18 Å². The molecule has 0 fully saturated rings. The van der Waals surface area contributed by atoms with Gasteiger partial charge in [0.2, 0.25) is 0 Å². The van der Waals surface area contributed by atoms with Crippen LogP contribution in [0.3, 0.4) is 0 Å². The molecule has 0 spiro atoms. The second kappa shape index (κ2) is 5.63.